The normalized spacial score (nSPS) is 15.9. The van der Waals surface area contributed by atoms with Gasteiger partial charge in [-0.3, -0.25) is 4.79 Å². The molecule has 0 saturated heterocycles. The van der Waals surface area contributed by atoms with Crippen LogP contribution < -0.4 is 5.19 Å². The fourth-order valence-corrected chi connectivity index (χ4v) is 4.68. The van der Waals surface area contributed by atoms with Crippen molar-refractivity contribution in [3.05, 3.63) is 65.6 Å². The molecule has 0 saturated carbocycles. The number of ketones is 1. The van der Waals surface area contributed by atoms with E-state index in [9.17, 15) is 4.79 Å². The van der Waals surface area contributed by atoms with Gasteiger partial charge < -0.3 is 0 Å². The van der Waals surface area contributed by atoms with Gasteiger partial charge in [-0.15, -0.1) is 0 Å². The van der Waals surface area contributed by atoms with Crippen molar-refractivity contribution in [1.82, 2.24) is 0 Å². The van der Waals surface area contributed by atoms with E-state index in [1.165, 1.54) is 6.07 Å². The van der Waals surface area contributed by atoms with Crippen molar-refractivity contribution in [1.29, 1.82) is 0 Å². The molecule has 22 heavy (non-hydrogen) atoms. The van der Waals surface area contributed by atoms with Crippen LogP contribution in [0.15, 0.2) is 54.5 Å². The van der Waals surface area contributed by atoms with Gasteiger partial charge in [0.1, 0.15) is 0 Å². The van der Waals surface area contributed by atoms with E-state index in [4.69, 9.17) is 5.48 Å². The minimum absolute atomic E-state index is 0.0540. The maximum atomic E-state index is 13.2. The maximum Gasteiger partial charge on any atom is 0.194 e. The van der Waals surface area contributed by atoms with Crippen LogP contribution in [0.2, 0.25) is 19.6 Å². The average Bonchev–Trinajstić information content (AvgIpc) is 2.85. The van der Waals surface area contributed by atoms with Crippen LogP contribution in [0.25, 0.3) is 21.9 Å². The first-order chi connectivity index (χ1) is 12.1. The fourth-order valence-electron chi connectivity index (χ4n) is 3.19. The van der Waals surface area contributed by atoms with Crippen LogP contribution in [-0.2, 0) is 0 Å². The Morgan fingerprint density at radius 1 is 0.955 bits per heavy atom. The van der Waals surface area contributed by atoms with E-state index in [0.29, 0.717) is 21.9 Å². The summed E-state index contributed by atoms with van der Waals surface area (Å²) in [4.78, 5) is 13.2. The first-order valence-electron chi connectivity index (χ1n) is 9.36. The number of hydrogen-bond acceptors (Lipinski definition) is 1. The zero-order chi connectivity index (χ0) is 19.0. The Morgan fingerprint density at radius 3 is 2.41 bits per heavy atom. The minimum atomic E-state index is -2.09. The molecular formula is C20H18OSi. The van der Waals surface area contributed by atoms with Crippen molar-refractivity contribution < 1.29 is 10.3 Å². The third-order valence-corrected chi connectivity index (χ3v) is 6.06. The van der Waals surface area contributed by atoms with Crippen molar-refractivity contribution in [2.75, 3.05) is 0 Å². The van der Waals surface area contributed by atoms with Gasteiger partial charge >= 0.3 is 0 Å². The molecule has 108 valence electrons. The molecule has 0 aromatic heterocycles. The van der Waals surface area contributed by atoms with Gasteiger partial charge in [0.15, 0.2) is 5.78 Å². The van der Waals surface area contributed by atoms with Crippen LogP contribution >= 0.6 is 0 Å². The molecular weight excluding hydrogens is 284 g/mol. The van der Waals surface area contributed by atoms with Crippen LogP contribution in [0.1, 0.15) is 21.4 Å². The van der Waals surface area contributed by atoms with E-state index in [2.05, 4.69) is 19.6 Å². The van der Waals surface area contributed by atoms with Crippen molar-refractivity contribution in [3.63, 3.8) is 0 Å². The number of hydrogen-bond donors (Lipinski definition) is 0. The zero-order valence-corrected chi connectivity index (χ0v) is 13.8. The standard InChI is InChI=1S/C20H18OSi/c1-22(2,3)17-12-13-8-4-5-9-14(13)18-15-10-6-7-11-16(15)20(21)19(17)18/h4-12H,1-3H3/i4D,5D,8D,12D. The van der Waals surface area contributed by atoms with Crippen molar-refractivity contribution in [2.45, 2.75) is 19.6 Å². The summed E-state index contributed by atoms with van der Waals surface area (Å²) in [6.07, 6.45) is 0. The molecule has 4 rings (SSSR count). The lowest BCUT2D eigenvalue weighted by Gasteiger charge is -2.21. The van der Waals surface area contributed by atoms with Crippen LogP contribution in [-0.4, -0.2) is 13.9 Å². The van der Waals surface area contributed by atoms with Gasteiger partial charge in [-0.25, -0.2) is 0 Å². The first kappa shape index (κ1) is 9.75. The topological polar surface area (TPSA) is 17.1 Å². The second kappa shape index (κ2) is 4.40. The van der Waals surface area contributed by atoms with Crippen LogP contribution in [0, 0.1) is 0 Å². The van der Waals surface area contributed by atoms with Crippen molar-refractivity contribution >= 4 is 29.8 Å². The van der Waals surface area contributed by atoms with E-state index < -0.39 is 8.07 Å². The highest BCUT2D eigenvalue weighted by atomic mass is 28.3. The van der Waals surface area contributed by atoms with Gasteiger partial charge in [0.05, 0.1) is 13.6 Å². The number of benzene rings is 3. The molecule has 1 aliphatic carbocycles. The predicted molar refractivity (Wildman–Crippen MR) is 95.8 cm³/mol. The van der Waals surface area contributed by atoms with Gasteiger partial charge in [0, 0.05) is 16.7 Å². The molecule has 0 heterocycles. The zero-order valence-electron chi connectivity index (χ0n) is 16.8. The van der Waals surface area contributed by atoms with Crippen LogP contribution in [0.5, 0.6) is 0 Å². The molecule has 0 spiro atoms. The third-order valence-electron chi connectivity index (χ3n) is 4.18. The summed E-state index contributed by atoms with van der Waals surface area (Å²) in [5, 5.41) is 1.69. The lowest BCUT2D eigenvalue weighted by molar-refractivity contribution is 0.104. The number of carbonyl (C=O) groups excluding carboxylic acids is 1. The lowest BCUT2D eigenvalue weighted by atomic mass is 9.98. The fraction of sp³-hybridized carbons (Fsp3) is 0.150. The van der Waals surface area contributed by atoms with Gasteiger partial charge in [-0.2, -0.15) is 0 Å². The summed E-state index contributed by atoms with van der Waals surface area (Å²) < 4.78 is 33.2. The second-order valence-electron chi connectivity index (χ2n) is 6.70. The molecule has 0 amide bonds. The second-order valence-corrected chi connectivity index (χ2v) is 11.7. The molecule has 2 heteroatoms. The molecule has 0 radical (unpaired) electrons. The molecule has 3 aromatic carbocycles. The highest BCUT2D eigenvalue weighted by Crippen LogP contribution is 2.41. The molecule has 0 bridgehead atoms. The Kier molecular flexibility index (Phi) is 1.95. The Hall–Kier alpha value is -2.19. The highest BCUT2D eigenvalue weighted by molar-refractivity contribution is 6.90. The van der Waals surface area contributed by atoms with E-state index in [1.807, 2.05) is 18.2 Å². The summed E-state index contributed by atoms with van der Waals surface area (Å²) in [6.45, 7) is 6.27. The molecule has 0 N–H and O–H groups in total. The third kappa shape index (κ3) is 1.74. The average molecular weight is 306 g/mol. The monoisotopic (exact) mass is 306 g/mol. The van der Waals surface area contributed by atoms with E-state index in [0.717, 1.165) is 16.3 Å². The van der Waals surface area contributed by atoms with Gasteiger partial charge in [0.2, 0.25) is 0 Å². The quantitative estimate of drug-likeness (QED) is 0.470. The van der Waals surface area contributed by atoms with E-state index >= 15 is 0 Å². The summed E-state index contributed by atoms with van der Waals surface area (Å²) >= 11 is 0. The van der Waals surface area contributed by atoms with E-state index in [-0.39, 0.29) is 30.0 Å². The smallest absolute Gasteiger partial charge is 0.194 e. The first-order valence-corrected chi connectivity index (χ1v) is 10.9. The van der Waals surface area contributed by atoms with Crippen LogP contribution in [0.3, 0.4) is 0 Å². The molecule has 0 atom stereocenters. The van der Waals surface area contributed by atoms with Crippen LogP contribution in [0.4, 0.5) is 0 Å². The van der Waals surface area contributed by atoms with Crippen molar-refractivity contribution in [2.24, 2.45) is 0 Å². The molecule has 1 nitrogen and oxygen atoms in total. The summed E-state index contributed by atoms with van der Waals surface area (Å²) in [7, 11) is -2.09. The summed E-state index contributed by atoms with van der Waals surface area (Å²) in [6, 6.07) is 8.77. The number of fused-ring (bicyclic) bond motifs is 5. The Morgan fingerprint density at radius 2 is 1.68 bits per heavy atom. The van der Waals surface area contributed by atoms with Gasteiger partial charge in [-0.1, -0.05) is 74.1 Å². The van der Waals surface area contributed by atoms with Gasteiger partial charge in [0.25, 0.3) is 0 Å². The SMILES string of the molecule is [2H]c1cc2c3c(c([Si](C)(C)C)c([2H])c2c([2H])c1[2H])C(=O)c1ccccc1-3. The molecule has 3 aromatic rings. The van der Waals surface area contributed by atoms with Gasteiger partial charge in [-0.05, 0) is 21.5 Å². The summed E-state index contributed by atoms with van der Waals surface area (Å²) in [5.74, 6) is -0.0727. The molecule has 1 aliphatic rings. The summed E-state index contributed by atoms with van der Waals surface area (Å²) in [5.41, 5.74) is 2.71. The molecule has 0 aliphatic heterocycles. The lowest BCUT2D eigenvalue weighted by Crippen LogP contribution is -2.41. The molecule has 0 fully saturated rings. The minimum Gasteiger partial charge on any atom is -0.289 e. The highest BCUT2D eigenvalue weighted by Gasteiger charge is 2.34. The van der Waals surface area contributed by atoms with Crippen molar-refractivity contribution in [3.8, 4) is 11.1 Å². The largest absolute Gasteiger partial charge is 0.289 e. The maximum absolute atomic E-state index is 13.2. The number of carbonyl (C=O) groups is 1. The Bertz CT molecular complexity index is 1130. The number of rotatable bonds is 1. The van der Waals surface area contributed by atoms with E-state index in [1.54, 1.807) is 6.07 Å². The Labute approximate surface area is 137 Å². The Balaban J connectivity index is 2.34. The predicted octanol–water partition coefficient (Wildman–Crippen LogP) is 4.60. The molecule has 0 unspecified atom stereocenters.